The average Bonchev–Trinajstić information content (AvgIpc) is 2.90. The third-order valence-corrected chi connectivity index (χ3v) is 5.31. The molecule has 9 heteroatoms. The molecule has 0 bridgehead atoms. The van der Waals surface area contributed by atoms with Crippen LogP contribution < -0.4 is 10.1 Å². The number of carbonyl (C=O) groups excluding carboxylic acids is 2. The molecule has 1 aliphatic rings. The van der Waals surface area contributed by atoms with Gasteiger partial charge in [0.2, 0.25) is 0 Å². The van der Waals surface area contributed by atoms with E-state index >= 15 is 0 Å². The van der Waals surface area contributed by atoms with Crippen LogP contribution in [0.4, 0.5) is 4.79 Å². The number of rotatable bonds is 6. The molecule has 0 unspecified atom stereocenters. The number of nitrogens with zero attached hydrogens (tertiary/aromatic N) is 1. The fraction of sp³-hybridized carbons (Fsp3) is 0.150. The van der Waals surface area contributed by atoms with Crippen molar-refractivity contribution in [1.29, 1.82) is 0 Å². The highest BCUT2D eigenvalue weighted by atomic mass is 127. The SMILES string of the molecule is Cc1ccc(CN2C(=O)N/C(=C/c3cc(I)cc(Br)c3OCC(=O)O)C2=O)cc1. The number of ether oxygens (including phenoxy) is 1. The molecule has 150 valence electrons. The van der Waals surface area contributed by atoms with Crippen LogP contribution in [0.25, 0.3) is 6.08 Å². The Labute approximate surface area is 189 Å². The first kappa shape index (κ1) is 21.3. The Balaban J connectivity index is 1.89. The molecule has 1 aliphatic heterocycles. The van der Waals surface area contributed by atoms with Gasteiger partial charge in [-0.3, -0.25) is 9.69 Å². The topological polar surface area (TPSA) is 95.9 Å². The molecule has 0 aliphatic carbocycles. The summed E-state index contributed by atoms with van der Waals surface area (Å²) >= 11 is 5.45. The molecule has 7 nitrogen and oxygen atoms in total. The van der Waals surface area contributed by atoms with E-state index in [9.17, 15) is 14.4 Å². The third-order valence-electron chi connectivity index (χ3n) is 4.10. The summed E-state index contributed by atoms with van der Waals surface area (Å²) in [6.45, 7) is 1.58. The zero-order valence-electron chi connectivity index (χ0n) is 15.2. The molecule has 2 N–H and O–H groups in total. The van der Waals surface area contributed by atoms with Crippen molar-refractivity contribution in [1.82, 2.24) is 10.2 Å². The normalized spacial score (nSPS) is 15.0. The molecular formula is C20H16BrIN2O5. The van der Waals surface area contributed by atoms with Crippen molar-refractivity contribution >= 4 is 62.5 Å². The monoisotopic (exact) mass is 570 g/mol. The van der Waals surface area contributed by atoms with Crippen LogP contribution in [0.15, 0.2) is 46.6 Å². The summed E-state index contributed by atoms with van der Waals surface area (Å²) in [6.07, 6.45) is 1.49. The summed E-state index contributed by atoms with van der Waals surface area (Å²) in [4.78, 5) is 37.1. The predicted octanol–water partition coefficient (Wildman–Crippen LogP) is 3.92. The summed E-state index contributed by atoms with van der Waals surface area (Å²) in [5, 5.41) is 11.5. The number of carboxylic acid groups (broad SMARTS) is 1. The average molecular weight is 571 g/mol. The van der Waals surface area contributed by atoms with Gasteiger partial charge in [0, 0.05) is 9.13 Å². The molecule has 3 amide bonds. The van der Waals surface area contributed by atoms with Gasteiger partial charge in [0.05, 0.1) is 11.0 Å². The van der Waals surface area contributed by atoms with E-state index in [4.69, 9.17) is 9.84 Å². The van der Waals surface area contributed by atoms with Crippen molar-refractivity contribution in [2.24, 2.45) is 0 Å². The van der Waals surface area contributed by atoms with E-state index in [2.05, 4.69) is 43.8 Å². The molecule has 0 atom stereocenters. The Bertz CT molecular complexity index is 1020. The second-order valence-corrected chi connectivity index (χ2v) is 8.45. The number of aliphatic carboxylic acids is 1. The molecule has 0 radical (unpaired) electrons. The molecule has 0 saturated carbocycles. The Morgan fingerprint density at radius 1 is 1.28 bits per heavy atom. The number of carbonyl (C=O) groups is 3. The second kappa shape index (κ2) is 8.95. The number of halogens is 2. The number of urea groups is 1. The van der Waals surface area contributed by atoms with Crippen LogP contribution in [0.5, 0.6) is 5.75 Å². The standard InChI is InChI=1S/C20H16BrIN2O5/c1-11-2-4-12(5-3-11)9-24-19(27)16(23-20(24)28)7-13-6-14(22)8-15(21)18(13)29-10-17(25)26/h2-8H,9-10H2,1H3,(H,23,28)(H,25,26)/b16-7+. The fourth-order valence-corrected chi connectivity index (χ4v) is 4.39. The first-order chi connectivity index (χ1) is 13.7. The van der Waals surface area contributed by atoms with Crippen molar-refractivity contribution in [3.8, 4) is 5.75 Å². The largest absolute Gasteiger partial charge is 0.480 e. The van der Waals surface area contributed by atoms with Crippen LogP contribution in [0.2, 0.25) is 0 Å². The van der Waals surface area contributed by atoms with Crippen molar-refractivity contribution in [3.05, 3.63) is 66.8 Å². The summed E-state index contributed by atoms with van der Waals surface area (Å²) in [7, 11) is 0. The van der Waals surface area contributed by atoms with Gasteiger partial charge in [0.15, 0.2) is 6.61 Å². The molecule has 0 spiro atoms. The van der Waals surface area contributed by atoms with Crippen LogP contribution in [0, 0.1) is 10.5 Å². The summed E-state index contributed by atoms with van der Waals surface area (Å²) in [5.74, 6) is -1.31. The van der Waals surface area contributed by atoms with E-state index in [1.165, 1.54) is 6.08 Å². The molecule has 3 rings (SSSR count). The van der Waals surface area contributed by atoms with Crippen LogP contribution >= 0.6 is 38.5 Å². The molecule has 1 heterocycles. The Hall–Kier alpha value is -2.40. The Morgan fingerprint density at radius 2 is 1.97 bits per heavy atom. The van der Waals surface area contributed by atoms with Crippen LogP contribution in [0.3, 0.4) is 0 Å². The number of benzene rings is 2. The van der Waals surface area contributed by atoms with Gasteiger partial charge in [0.1, 0.15) is 11.4 Å². The van der Waals surface area contributed by atoms with E-state index in [0.29, 0.717) is 10.0 Å². The van der Waals surface area contributed by atoms with Gasteiger partial charge >= 0.3 is 12.0 Å². The van der Waals surface area contributed by atoms with Crippen LogP contribution in [-0.2, 0) is 16.1 Å². The summed E-state index contributed by atoms with van der Waals surface area (Å²) in [5.41, 5.74) is 2.49. The zero-order chi connectivity index (χ0) is 21.1. The number of aryl methyl sites for hydroxylation is 1. The lowest BCUT2D eigenvalue weighted by Crippen LogP contribution is -2.30. The quantitative estimate of drug-likeness (QED) is 0.312. The van der Waals surface area contributed by atoms with Gasteiger partial charge < -0.3 is 15.2 Å². The lowest BCUT2D eigenvalue weighted by molar-refractivity contribution is -0.139. The Kier molecular flexibility index (Phi) is 6.58. The predicted molar refractivity (Wildman–Crippen MR) is 118 cm³/mol. The molecule has 29 heavy (non-hydrogen) atoms. The van der Waals surface area contributed by atoms with Gasteiger partial charge in [-0.2, -0.15) is 0 Å². The van der Waals surface area contributed by atoms with Crippen LogP contribution in [-0.4, -0.2) is 34.5 Å². The van der Waals surface area contributed by atoms with E-state index < -0.39 is 24.5 Å². The fourth-order valence-electron chi connectivity index (χ4n) is 2.72. The number of hydrogen-bond acceptors (Lipinski definition) is 4. The van der Waals surface area contributed by atoms with E-state index in [1.807, 2.05) is 31.2 Å². The van der Waals surface area contributed by atoms with Crippen molar-refractivity contribution in [3.63, 3.8) is 0 Å². The lowest BCUT2D eigenvalue weighted by Gasteiger charge is -2.12. The molecule has 1 saturated heterocycles. The van der Waals surface area contributed by atoms with Gasteiger partial charge in [-0.25, -0.2) is 9.59 Å². The molecule has 1 fully saturated rings. The number of imide groups is 1. The number of nitrogens with one attached hydrogen (secondary N) is 1. The number of amides is 3. The highest BCUT2D eigenvalue weighted by Gasteiger charge is 2.33. The van der Waals surface area contributed by atoms with Gasteiger partial charge in [-0.1, -0.05) is 29.8 Å². The maximum absolute atomic E-state index is 12.8. The minimum Gasteiger partial charge on any atom is -0.480 e. The van der Waals surface area contributed by atoms with Crippen LogP contribution in [0.1, 0.15) is 16.7 Å². The van der Waals surface area contributed by atoms with Crippen molar-refractivity contribution in [2.45, 2.75) is 13.5 Å². The minimum atomic E-state index is -1.12. The van der Waals surface area contributed by atoms with Gasteiger partial charge in [-0.05, 0) is 69.2 Å². The smallest absolute Gasteiger partial charge is 0.341 e. The highest BCUT2D eigenvalue weighted by Crippen LogP contribution is 2.33. The first-order valence-corrected chi connectivity index (χ1v) is 10.4. The van der Waals surface area contributed by atoms with E-state index in [1.54, 1.807) is 12.1 Å². The zero-order valence-corrected chi connectivity index (χ0v) is 19.0. The third kappa shape index (κ3) is 5.15. The van der Waals surface area contributed by atoms with Gasteiger partial charge in [0.25, 0.3) is 5.91 Å². The molecule has 2 aromatic rings. The maximum atomic E-state index is 12.8. The second-order valence-electron chi connectivity index (χ2n) is 6.35. The summed E-state index contributed by atoms with van der Waals surface area (Å²) in [6, 6.07) is 10.5. The first-order valence-electron chi connectivity index (χ1n) is 8.48. The molecule has 2 aromatic carbocycles. The van der Waals surface area contributed by atoms with Crippen molar-refractivity contribution < 1.29 is 24.2 Å². The molecule has 0 aromatic heterocycles. The Morgan fingerprint density at radius 3 is 2.62 bits per heavy atom. The van der Waals surface area contributed by atoms with Gasteiger partial charge in [-0.15, -0.1) is 0 Å². The summed E-state index contributed by atoms with van der Waals surface area (Å²) < 4.78 is 6.75. The lowest BCUT2D eigenvalue weighted by atomic mass is 10.1. The number of carboxylic acids is 1. The highest BCUT2D eigenvalue weighted by molar-refractivity contribution is 14.1. The number of hydrogen-bond donors (Lipinski definition) is 2. The van der Waals surface area contributed by atoms with E-state index in [0.717, 1.165) is 19.6 Å². The maximum Gasteiger partial charge on any atom is 0.341 e. The minimum absolute atomic E-state index is 0.0937. The van der Waals surface area contributed by atoms with E-state index in [-0.39, 0.29) is 18.0 Å². The van der Waals surface area contributed by atoms with Crippen molar-refractivity contribution in [2.75, 3.05) is 6.61 Å². The molecular weight excluding hydrogens is 555 g/mol.